The van der Waals surface area contributed by atoms with Crippen molar-refractivity contribution in [2.75, 3.05) is 11.0 Å². The molecule has 1 unspecified atom stereocenters. The Balaban J connectivity index is 2.53. The van der Waals surface area contributed by atoms with Crippen LogP contribution in [-0.4, -0.2) is 23.7 Å². The fourth-order valence-electron chi connectivity index (χ4n) is 2.65. The van der Waals surface area contributed by atoms with Crippen LogP contribution in [0.4, 0.5) is 0 Å². The third-order valence-corrected chi connectivity index (χ3v) is 6.16. The SMILES string of the molecule is C=C(C)C(c1ccccc1)N(CCI)S(=O)(=O)c1ccc(C)cc1. The number of benzene rings is 2. The maximum atomic E-state index is 13.2. The smallest absolute Gasteiger partial charge is 0.207 e. The lowest BCUT2D eigenvalue weighted by Gasteiger charge is -2.31. The van der Waals surface area contributed by atoms with Crippen LogP contribution in [0.15, 0.2) is 71.6 Å². The molecule has 128 valence electrons. The van der Waals surface area contributed by atoms with Crippen molar-refractivity contribution < 1.29 is 8.42 Å². The van der Waals surface area contributed by atoms with E-state index in [4.69, 9.17) is 0 Å². The molecular formula is C19H22INO2S. The molecule has 0 radical (unpaired) electrons. The monoisotopic (exact) mass is 455 g/mol. The first kappa shape index (κ1) is 19.1. The number of sulfonamides is 1. The van der Waals surface area contributed by atoms with Crippen molar-refractivity contribution in [3.8, 4) is 0 Å². The highest BCUT2D eigenvalue weighted by Gasteiger charge is 2.32. The molecule has 0 aliphatic rings. The van der Waals surface area contributed by atoms with Crippen molar-refractivity contribution in [3.63, 3.8) is 0 Å². The maximum absolute atomic E-state index is 13.2. The van der Waals surface area contributed by atoms with Crippen molar-refractivity contribution in [2.24, 2.45) is 0 Å². The number of rotatable bonds is 7. The summed E-state index contributed by atoms with van der Waals surface area (Å²) >= 11 is 2.21. The number of hydrogen-bond acceptors (Lipinski definition) is 2. The summed E-state index contributed by atoms with van der Waals surface area (Å²) in [4.78, 5) is 0.320. The van der Waals surface area contributed by atoms with Crippen LogP contribution in [0.3, 0.4) is 0 Å². The van der Waals surface area contributed by atoms with Gasteiger partial charge in [-0.25, -0.2) is 8.42 Å². The zero-order chi connectivity index (χ0) is 17.7. The van der Waals surface area contributed by atoms with E-state index in [9.17, 15) is 8.42 Å². The number of hydrogen-bond donors (Lipinski definition) is 0. The molecule has 0 heterocycles. The topological polar surface area (TPSA) is 37.4 Å². The van der Waals surface area contributed by atoms with Crippen molar-refractivity contribution in [1.82, 2.24) is 4.31 Å². The first-order valence-electron chi connectivity index (χ1n) is 7.72. The quantitative estimate of drug-likeness (QED) is 0.344. The van der Waals surface area contributed by atoms with E-state index >= 15 is 0 Å². The largest absolute Gasteiger partial charge is 0.243 e. The van der Waals surface area contributed by atoms with E-state index < -0.39 is 10.0 Å². The molecule has 0 spiro atoms. The molecule has 0 aromatic heterocycles. The molecule has 0 aliphatic carbocycles. The van der Waals surface area contributed by atoms with Crippen LogP contribution in [0.1, 0.15) is 24.1 Å². The normalized spacial score (nSPS) is 13.0. The summed E-state index contributed by atoms with van der Waals surface area (Å²) in [7, 11) is -3.60. The molecule has 0 bridgehead atoms. The Morgan fingerprint density at radius 1 is 1.12 bits per heavy atom. The third kappa shape index (κ3) is 4.26. The Labute approximate surface area is 158 Å². The highest BCUT2D eigenvalue weighted by Crippen LogP contribution is 2.32. The van der Waals surface area contributed by atoms with Gasteiger partial charge in [0.05, 0.1) is 10.9 Å². The molecule has 3 nitrogen and oxygen atoms in total. The number of aryl methyl sites for hydroxylation is 1. The molecule has 0 aliphatic heterocycles. The van der Waals surface area contributed by atoms with Crippen molar-refractivity contribution in [1.29, 1.82) is 0 Å². The van der Waals surface area contributed by atoms with E-state index in [-0.39, 0.29) is 6.04 Å². The van der Waals surface area contributed by atoms with Crippen molar-refractivity contribution in [2.45, 2.75) is 24.8 Å². The van der Waals surface area contributed by atoms with Gasteiger partial charge in [0, 0.05) is 11.0 Å². The minimum Gasteiger partial charge on any atom is -0.207 e. The van der Waals surface area contributed by atoms with Gasteiger partial charge >= 0.3 is 0 Å². The zero-order valence-corrected chi connectivity index (χ0v) is 16.9. The van der Waals surface area contributed by atoms with E-state index in [1.54, 1.807) is 16.4 Å². The fraction of sp³-hybridized carbons (Fsp3) is 0.263. The highest BCUT2D eigenvalue weighted by molar-refractivity contribution is 14.1. The lowest BCUT2D eigenvalue weighted by atomic mass is 10.0. The van der Waals surface area contributed by atoms with Gasteiger partial charge in [-0.1, -0.05) is 82.8 Å². The van der Waals surface area contributed by atoms with E-state index in [0.29, 0.717) is 15.9 Å². The third-order valence-electron chi connectivity index (χ3n) is 3.80. The molecule has 0 amide bonds. The van der Waals surface area contributed by atoms with Gasteiger partial charge in [-0.15, -0.1) is 0 Å². The Hall–Kier alpha value is -1.18. The lowest BCUT2D eigenvalue weighted by molar-refractivity contribution is 0.375. The van der Waals surface area contributed by atoms with Crippen LogP contribution in [0, 0.1) is 6.92 Å². The number of alkyl halides is 1. The van der Waals surface area contributed by atoms with E-state index in [0.717, 1.165) is 16.7 Å². The zero-order valence-electron chi connectivity index (χ0n) is 13.9. The average molecular weight is 455 g/mol. The van der Waals surface area contributed by atoms with Crippen LogP contribution in [0.25, 0.3) is 0 Å². The summed E-state index contributed by atoms with van der Waals surface area (Å²) in [5.74, 6) is 0. The Kier molecular flexibility index (Phi) is 6.60. The second-order valence-corrected chi connectivity index (χ2v) is 8.75. The molecule has 5 heteroatoms. The standard InChI is InChI=1S/C19H22INO2S/c1-15(2)19(17-7-5-4-6-8-17)21(14-13-20)24(22,23)18-11-9-16(3)10-12-18/h4-12,19H,1,13-14H2,2-3H3. The molecule has 24 heavy (non-hydrogen) atoms. The summed E-state index contributed by atoms with van der Waals surface area (Å²) in [6.07, 6.45) is 0. The van der Waals surface area contributed by atoms with Crippen LogP contribution >= 0.6 is 22.6 Å². The molecule has 0 saturated carbocycles. The van der Waals surface area contributed by atoms with Crippen LogP contribution in [0.2, 0.25) is 0 Å². The van der Waals surface area contributed by atoms with Crippen molar-refractivity contribution >= 4 is 32.6 Å². The lowest BCUT2D eigenvalue weighted by Crippen LogP contribution is -2.37. The van der Waals surface area contributed by atoms with Crippen LogP contribution < -0.4 is 0 Å². The van der Waals surface area contributed by atoms with Gasteiger partial charge in [0.15, 0.2) is 0 Å². The molecule has 0 N–H and O–H groups in total. The van der Waals surface area contributed by atoms with Gasteiger partial charge in [0.25, 0.3) is 0 Å². The van der Waals surface area contributed by atoms with Gasteiger partial charge in [-0.3, -0.25) is 0 Å². The molecule has 2 aromatic rings. The van der Waals surface area contributed by atoms with Crippen molar-refractivity contribution in [3.05, 3.63) is 77.9 Å². The first-order valence-corrected chi connectivity index (χ1v) is 10.7. The van der Waals surface area contributed by atoms with Gasteiger partial charge in [-0.05, 0) is 31.5 Å². The molecule has 2 rings (SSSR count). The minimum absolute atomic E-state index is 0.320. The Morgan fingerprint density at radius 2 is 1.71 bits per heavy atom. The van der Waals surface area contributed by atoms with Crippen LogP contribution in [0.5, 0.6) is 0 Å². The maximum Gasteiger partial charge on any atom is 0.243 e. The van der Waals surface area contributed by atoms with Gasteiger partial charge in [-0.2, -0.15) is 4.31 Å². The summed E-state index contributed by atoms with van der Waals surface area (Å²) in [6, 6.07) is 16.3. The second-order valence-electron chi connectivity index (χ2n) is 5.78. The molecule has 2 aromatic carbocycles. The average Bonchev–Trinajstić information content (AvgIpc) is 2.55. The van der Waals surface area contributed by atoms with Gasteiger partial charge < -0.3 is 0 Å². The van der Waals surface area contributed by atoms with Crippen LogP contribution in [-0.2, 0) is 10.0 Å². The van der Waals surface area contributed by atoms with E-state index in [2.05, 4.69) is 29.2 Å². The minimum atomic E-state index is -3.60. The molecule has 1 atom stereocenters. The van der Waals surface area contributed by atoms with Gasteiger partial charge in [0.1, 0.15) is 0 Å². The fourth-order valence-corrected chi connectivity index (χ4v) is 5.16. The predicted octanol–water partition coefficient (Wildman–Crippen LogP) is 4.74. The highest BCUT2D eigenvalue weighted by atomic mass is 127. The Morgan fingerprint density at radius 3 is 2.21 bits per heavy atom. The summed E-state index contributed by atoms with van der Waals surface area (Å²) in [5, 5.41) is 0. The Bertz CT molecular complexity index is 786. The summed E-state index contributed by atoms with van der Waals surface area (Å²) in [5.41, 5.74) is 2.78. The number of nitrogens with zero attached hydrogens (tertiary/aromatic N) is 1. The molecular weight excluding hydrogens is 433 g/mol. The summed E-state index contributed by atoms with van der Waals surface area (Å²) in [6.45, 7) is 8.30. The summed E-state index contributed by atoms with van der Waals surface area (Å²) < 4.78 is 28.7. The second kappa shape index (κ2) is 8.27. The molecule has 0 saturated heterocycles. The van der Waals surface area contributed by atoms with E-state index in [1.807, 2.05) is 56.3 Å². The van der Waals surface area contributed by atoms with Gasteiger partial charge in [0.2, 0.25) is 10.0 Å². The van der Waals surface area contributed by atoms with E-state index in [1.165, 1.54) is 0 Å². The molecule has 0 fully saturated rings. The first-order chi connectivity index (χ1) is 11.4. The number of halogens is 1. The predicted molar refractivity (Wildman–Crippen MR) is 108 cm³/mol.